The molecule has 5 heteroatoms. The summed E-state index contributed by atoms with van der Waals surface area (Å²) in [5, 5.41) is 9.19. The molecule has 0 radical (unpaired) electrons. The summed E-state index contributed by atoms with van der Waals surface area (Å²) >= 11 is 0. The van der Waals surface area contributed by atoms with Crippen LogP contribution in [0.2, 0.25) is 0 Å². The molecule has 110 valence electrons. The number of para-hydroxylation sites is 1. The van der Waals surface area contributed by atoms with Gasteiger partial charge in [-0.05, 0) is 29.8 Å². The maximum atomic E-state index is 13.8. The van der Waals surface area contributed by atoms with Crippen molar-refractivity contribution in [1.82, 2.24) is 4.98 Å². The van der Waals surface area contributed by atoms with Crippen LogP contribution in [0.3, 0.4) is 0 Å². The number of hydrogen-bond acceptors (Lipinski definition) is 4. The van der Waals surface area contributed by atoms with Crippen molar-refractivity contribution in [3.05, 3.63) is 54.0 Å². The standard InChI is InChI=1S/C16H18FN3O/c17-14-3-1-2-4-15(14)19-7-9-20(10-8-19)16-11-13(12-21)5-6-18-16/h1-6,11,21H,7-10,12H2. The van der Waals surface area contributed by atoms with Crippen molar-refractivity contribution in [2.75, 3.05) is 36.0 Å². The maximum absolute atomic E-state index is 13.8. The molecule has 0 bridgehead atoms. The largest absolute Gasteiger partial charge is 0.392 e. The van der Waals surface area contributed by atoms with Crippen LogP contribution in [0.5, 0.6) is 0 Å². The second kappa shape index (κ2) is 6.10. The first-order chi connectivity index (χ1) is 10.3. The van der Waals surface area contributed by atoms with Gasteiger partial charge in [-0.1, -0.05) is 12.1 Å². The van der Waals surface area contributed by atoms with E-state index in [2.05, 4.69) is 14.8 Å². The van der Waals surface area contributed by atoms with Crippen LogP contribution >= 0.6 is 0 Å². The molecule has 2 aromatic rings. The van der Waals surface area contributed by atoms with Crippen LogP contribution in [0, 0.1) is 5.82 Å². The van der Waals surface area contributed by atoms with Crippen LogP contribution in [0.1, 0.15) is 5.56 Å². The number of aliphatic hydroxyl groups is 1. The summed E-state index contributed by atoms with van der Waals surface area (Å²) in [6, 6.07) is 10.6. The van der Waals surface area contributed by atoms with Crippen LogP contribution < -0.4 is 9.80 Å². The number of rotatable bonds is 3. The van der Waals surface area contributed by atoms with Crippen molar-refractivity contribution >= 4 is 11.5 Å². The number of hydrogen-bond donors (Lipinski definition) is 1. The molecular weight excluding hydrogens is 269 g/mol. The summed E-state index contributed by atoms with van der Waals surface area (Å²) in [6.07, 6.45) is 1.71. The van der Waals surface area contributed by atoms with Crippen molar-refractivity contribution in [1.29, 1.82) is 0 Å². The molecule has 1 fully saturated rings. The van der Waals surface area contributed by atoms with E-state index in [9.17, 15) is 9.50 Å². The fourth-order valence-electron chi connectivity index (χ4n) is 2.62. The summed E-state index contributed by atoms with van der Waals surface area (Å²) in [7, 11) is 0. The number of anilines is 2. The summed E-state index contributed by atoms with van der Waals surface area (Å²) in [6.45, 7) is 3.11. The molecule has 0 saturated carbocycles. The number of aliphatic hydroxyl groups excluding tert-OH is 1. The summed E-state index contributed by atoms with van der Waals surface area (Å²) in [5.41, 5.74) is 1.52. The molecular formula is C16H18FN3O. The number of benzene rings is 1. The Bertz CT molecular complexity index is 612. The Labute approximate surface area is 123 Å². The SMILES string of the molecule is OCc1ccnc(N2CCN(c3ccccc3F)CC2)c1. The van der Waals surface area contributed by atoms with Gasteiger partial charge in [0.2, 0.25) is 0 Å². The third-order valence-electron chi connectivity index (χ3n) is 3.79. The van der Waals surface area contributed by atoms with Gasteiger partial charge >= 0.3 is 0 Å². The fourth-order valence-corrected chi connectivity index (χ4v) is 2.62. The van der Waals surface area contributed by atoms with Gasteiger partial charge in [0.25, 0.3) is 0 Å². The first-order valence-electron chi connectivity index (χ1n) is 7.08. The highest BCUT2D eigenvalue weighted by molar-refractivity contribution is 5.50. The molecule has 0 unspecified atom stereocenters. The number of halogens is 1. The zero-order valence-corrected chi connectivity index (χ0v) is 11.7. The van der Waals surface area contributed by atoms with Gasteiger partial charge in [0, 0.05) is 32.4 Å². The average molecular weight is 287 g/mol. The summed E-state index contributed by atoms with van der Waals surface area (Å²) in [5.74, 6) is 0.695. The highest BCUT2D eigenvalue weighted by Gasteiger charge is 2.20. The summed E-state index contributed by atoms with van der Waals surface area (Å²) < 4.78 is 13.8. The third kappa shape index (κ3) is 2.97. The van der Waals surface area contributed by atoms with E-state index in [1.165, 1.54) is 6.07 Å². The van der Waals surface area contributed by atoms with E-state index in [1.807, 2.05) is 18.2 Å². The molecule has 0 atom stereocenters. The fraction of sp³-hybridized carbons (Fsp3) is 0.312. The van der Waals surface area contributed by atoms with Crippen LogP contribution in [0.15, 0.2) is 42.6 Å². The predicted molar refractivity (Wildman–Crippen MR) is 81.0 cm³/mol. The van der Waals surface area contributed by atoms with Gasteiger partial charge in [-0.25, -0.2) is 9.37 Å². The first kappa shape index (κ1) is 13.8. The minimum Gasteiger partial charge on any atom is -0.392 e. The molecule has 0 amide bonds. The lowest BCUT2D eigenvalue weighted by Crippen LogP contribution is -2.47. The van der Waals surface area contributed by atoms with Crippen molar-refractivity contribution in [3.8, 4) is 0 Å². The topological polar surface area (TPSA) is 39.6 Å². The first-order valence-corrected chi connectivity index (χ1v) is 7.08. The maximum Gasteiger partial charge on any atom is 0.146 e. The van der Waals surface area contributed by atoms with E-state index in [0.717, 1.165) is 37.6 Å². The zero-order valence-electron chi connectivity index (χ0n) is 11.7. The van der Waals surface area contributed by atoms with Crippen LogP contribution in [0.25, 0.3) is 0 Å². The molecule has 3 rings (SSSR count). The van der Waals surface area contributed by atoms with E-state index in [1.54, 1.807) is 18.3 Å². The highest BCUT2D eigenvalue weighted by atomic mass is 19.1. The van der Waals surface area contributed by atoms with Gasteiger partial charge < -0.3 is 14.9 Å². The molecule has 1 aliphatic heterocycles. The van der Waals surface area contributed by atoms with Crippen molar-refractivity contribution in [3.63, 3.8) is 0 Å². The molecule has 21 heavy (non-hydrogen) atoms. The van der Waals surface area contributed by atoms with Gasteiger partial charge in [-0.3, -0.25) is 0 Å². The molecule has 1 aromatic carbocycles. The van der Waals surface area contributed by atoms with Gasteiger partial charge in [0.1, 0.15) is 11.6 Å². The molecule has 1 saturated heterocycles. The number of pyridine rings is 1. The Morgan fingerprint density at radius 3 is 2.48 bits per heavy atom. The normalized spacial score (nSPS) is 15.3. The number of aromatic nitrogens is 1. The molecule has 1 aromatic heterocycles. The van der Waals surface area contributed by atoms with Crippen LogP contribution in [0.4, 0.5) is 15.9 Å². The molecule has 0 spiro atoms. The van der Waals surface area contributed by atoms with Gasteiger partial charge in [0.15, 0.2) is 0 Å². The molecule has 1 aliphatic rings. The Kier molecular flexibility index (Phi) is 4.01. The number of piperazine rings is 1. The minimum absolute atomic E-state index is 0.0186. The van der Waals surface area contributed by atoms with E-state index in [4.69, 9.17) is 0 Å². The Morgan fingerprint density at radius 1 is 1.05 bits per heavy atom. The predicted octanol–water partition coefficient (Wildman–Crippen LogP) is 2.04. The van der Waals surface area contributed by atoms with Gasteiger partial charge in [0.05, 0.1) is 12.3 Å². The van der Waals surface area contributed by atoms with Crippen molar-refractivity contribution < 1.29 is 9.50 Å². The minimum atomic E-state index is -0.175. The monoisotopic (exact) mass is 287 g/mol. The Balaban J connectivity index is 1.69. The molecule has 1 N–H and O–H groups in total. The smallest absolute Gasteiger partial charge is 0.146 e. The van der Waals surface area contributed by atoms with E-state index >= 15 is 0 Å². The lowest BCUT2D eigenvalue weighted by Gasteiger charge is -2.36. The molecule has 0 aliphatic carbocycles. The molecule has 2 heterocycles. The Hall–Kier alpha value is -2.14. The third-order valence-corrected chi connectivity index (χ3v) is 3.79. The number of nitrogens with zero attached hydrogens (tertiary/aromatic N) is 3. The average Bonchev–Trinajstić information content (AvgIpc) is 2.56. The highest BCUT2D eigenvalue weighted by Crippen LogP contribution is 2.22. The van der Waals surface area contributed by atoms with E-state index < -0.39 is 0 Å². The zero-order chi connectivity index (χ0) is 14.7. The van der Waals surface area contributed by atoms with E-state index in [0.29, 0.717) is 5.69 Å². The van der Waals surface area contributed by atoms with Gasteiger partial charge in [-0.15, -0.1) is 0 Å². The van der Waals surface area contributed by atoms with Gasteiger partial charge in [-0.2, -0.15) is 0 Å². The molecule has 4 nitrogen and oxygen atoms in total. The second-order valence-electron chi connectivity index (χ2n) is 5.11. The second-order valence-corrected chi connectivity index (χ2v) is 5.11. The quantitative estimate of drug-likeness (QED) is 0.938. The Morgan fingerprint density at radius 2 is 1.76 bits per heavy atom. The van der Waals surface area contributed by atoms with E-state index in [-0.39, 0.29) is 12.4 Å². The lowest BCUT2D eigenvalue weighted by atomic mass is 10.2. The van der Waals surface area contributed by atoms with Crippen LogP contribution in [-0.4, -0.2) is 36.3 Å². The lowest BCUT2D eigenvalue weighted by molar-refractivity contribution is 0.281. The van der Waals surface area contributed by atoms with Crippen molar-refractivity contribution in [2.45, 2.75) is 6.61 Å². The summed E-state index contributed by atoms with van der Waals surface area (Å²) in [4.78, 5) is 8.57. The van der Waals surface area contributed by atoms with Crippen LogP contribution in [-0.2, 0) is 6.61 Å². The van der Waals surface area contributed by atoms with Crippen molar-refractivity contribution in [2.24, 2.45) is 0 Å².